The molecule has 0 aromatic rings. The third kappa shape index (κ3) is 2.80. The van der Waals surface area contributed by atoms with Crippen molar-refractivity contribution in [2.45, 2.75) is 38.1 Å². The van der Waals surface area contributed by atoms with E-state index in [1.807, 2.05) is 0 Å². The zero-order valence-electron chi connectivity index (χ0n) is 7.42. The summed E-state index contributed by atoms with van der Waals surface area (Å²) in [5, 5.41) is 8.73. The van der Waals surface area contributed by atoms with Gasteiger partial charge in [-0.3, -0.25) is 0 Å². The molecule has 0 amide bonds. The van der Waals surface area contributed by atoms with E-state index >= 15 is 0 Å². The van der Waals surface area contributed by atoms with Crippen molar-refractivity contribution in [3.63, 3.8) is 0 Å². The van der Waals surface area contributed by atoms with Gasteiger partial charge in [-0.1, -0.05) is 19.3 Å². The first-order valence-corrected chi connectivity index (χ1v) is 4.65. The molecular formula is C9H19NO. The van der Waals surface area contributed by atoms with Gasteiger partial charge < -0.3 is 10.0 Å². The van der Waals surface area contributed by atoms with Crippen molar-refractivity contribution < 1.29 is 5.11 Å². The van der Waals surface area contributed by atoms with Gasteiger partial charge in [-0.05, 0) is 19.9 Å². The van der Waals surface area contributed by atoms with Crippen molar-refractivity contribution in [2.75, 3.05) is 20.2 Å². The third-order valence-corrected chi connectivity index (χ3v) is 2.65. The molecule has 2 nitrogen and oxygen atoms in total. The Balaban J connectivity index is 2.21. The van der Waals surface area contributed by atoms with Gasteiger partial charge in [0.1, 0.15) is 0 Å². The van der Waals surface area contributed by atoms with Crippen LogP contribution in [0, 0.1) is 0 Å². The zero-order valence-corrected chi connectivity index (χ0v) is 7.42. The highest BCUT2D eigenvalue weighted by atomic mass is 16.3. The lowest BCUT2D eigenvalue weighted by atomic mass is 9.94. The maximum atomic E-state index is 8.73. The standard InChI is InChI=1S/C9H19NO/c1-10(7-8-11)9-5-3-2-4-6-9/h9,11H,2-8H2,1H3. The first kappa shape index (κ1) is 9.01. The number of rotatable bonds is 3. The first-order valence-electron chi connectivity index (χ1n) is 4.65. The molecule has 0 aromatic carbocycles. The van der Waals surface area contributed by atoms with Gasteiger partial charge in [-0.25, -0.2) is 0 Å². The Kier molecular flexibility index (Phi) is 3.87. The molecule has 2 heteroatoms. The molecular weight excluding hydrogens is 138 g/mol. The molecule has 1 rings (SSSR count). The van der Waals surface area contributed by atoms with Crippen LogP contribution in [0.1, 0.15) is 32.1 Å². The van der Waals surface area contributed by atoms with Gasteiger partial charge in [0, 0.05) is 12.6 Å². The Hall–Kier alpha value is -0.0800. The summed E-state index contributed by atoms with van der Waals surface area (Å²) in [6, 6.07) is 0.746. The van der Waals surface area contributed by atoms with E-state index in [9.17, 15) is 0 Å². The Morgan fingerprint density at radius 2 is 1.91 bits per heavy atom. The predicted octanol–water partition coefficient (Wildman–Crippen LogP) is 1.24. The summed E-state index contributed by atoms with van der Waals surface area (Å²) >= 11 is 0. The zero-order chi connectivity index (χ0) is 8.10. The summed E-state index contributed by atoms with van der Waals surface area (Å²) in [6.45, 7) is 1.14. The van der Waals surface area contributed by atoms with Gasteiger partial charge >= 0.3 is 0 Å². The molecule has 0 saturated heterocycles. The van der Waals surface area contributed by atoms with Crippen LogP contribution in [0.2, 0.25) is 0 Å². The van der Waals surface area contributed by atoms with Gasteiger partial charge in [0.25, 0.3) is 0 Å². The Morgan fingerprint density at radius 1 is 1.27 bits per heavy atom. The van der Waals surface area contributed by atoms with Gasteiger partial charge in [0.2, 0.25) is 0 Å². The summed E-state index contributed by atoms with van der Waals surface area (Å²) in [5.41, 5.74) is 0. The topological polar surface area (TPSA) is 23.5 Å². The fourth-order valence-corrected chi connectivity index (χ4v) is 1.86. The van der Waals surface area contributed by atoms with E-state index in [1.165, 1.54) is 32.1 Å². The molecule has 1 aliphatic carbocycles. The van der Waals surface area contributed by atoms with Gasteiger partial charge in [-0.15, -0.1) is 0 Å². The van der Waals surface area contributed by atoms with Gasteiger partial charge in [0.05, 0.1) is 6.61 Å². The number of hydrogen-bond donors (Lipinski definition) is 1. The molecule has 0 aromatic heterocycles. The van der Waals surface area contributed by atoms with E-state index in [2.05, 4.69) is 11.9 Å². The quantitative estimate of drug-likeness (QED) is 0.666. The first-order chi connectivity index (χ1) is 5.34. The number of nitrogens with zero attached hydrogens (tertiary/aromatic N) is 1. The molecule has 0 bridgehead atoms. The average molecular weight is 157 g/mol. The van der Waals surface area contributed by atoms with Crippen LogP contribution in [0.3, 0.4) is 0 Å². The second kappa shape index (κ2) is 4.73. The van der Waals surface area contributed by atoms with Crippen LogP contribution in [-0.4, -0.2) is 36.2 Å². The van der Waals surface area contributed by atoms with E-state index in [0.717, 1.165) is 12.6 Å². The highest BCUT2D eigenvalue weighted by molar-refractivity contribution is 4.72. The van der Waals surface area contributed by atoms with E-state index < -0.39 is 0 Å². The summed E-state index contributed by atoms with van der Waals surface area (Å²) in [4.78, 5) is 2.29. The van der Waals surface area contributed by atoms with Crippen molar-refractivity contribution in [1.82, 2.24) is 4.90 Å². The van der Waals surface area contributed by atoms with Crippen molar-refractivity contribution in [2.24, 2.45) is 0 Å². The van der Waals surface area contributed by atoms with Gasteiger partial charge in [0.15, 0.2) is 0 Å². The fraction of sp³-hybridized carbons (Fsp3) is 1.00. The van der Waals surface area contributed by atoms with Crippen LogP contribution in [0.5, 0.6) is 0 Å². The highest BCUT2D eigenvalue weighted by Gasteiger charge is 2.16. The molecule has 1 saturated carbocycles. The Morgan fingerprint density at radius 3 is 2.45 bits per heavy atom. The molecule has 0 aliphatic heterocycles. The number of aliphatic hydroxyl groups excluding tert-OH is 1. The lowest BCUT2D eigenvalue weighted by molar-refractivity contribution is 0.152. The average Bonchev–Trinajstić information content (AvgIpc) is 2.07. The van der Waals surface area contributed by atoms with Crippen molar-refractivity contribution in [3.8, 4) is 0 Å². The van der Waals surface area contributed by atoms with Crippen molar-refractivity contribution >= 4 is 0 Å². The fourth-order valence-electron chi connectivity index (χ4n) is 1.86. The molecule has 0 unspecified atom stereocenters. The molecule has 0 heterocycles. The van der Waals surface area contributed by atoms with Crippen LogP contribution in [0.15, 0.2) is 0 Å². The maximum absolute atomic E-state index is 8.73. The maximum Gasteiger partial charge on any atom is 0.0558 e. The largest absolute Gasteiger partial charge is 0.395 e. The van der Waals surface area contributed by atoms with Crippen LogP contribution in [-0.2, 0) is 0 Å². The second-order valence-corrected chi connectivity index (χ2v) is 3.50. The summed E-state index contributed by atoms with van der Waals surface area (Å²) in [7, 11) is 2.12. The molecule has 0 atom stereocenters. The summed E-state index contributed by atoms with van der Waals surface area (Å²) < 4.78 is 0. The van der Waals surface area contributed by atoms with E-state index in [4.69, 9.17) is 5.11 Å². The molecule has 1 N–H and O–H groups in total. The number of likely N-dealkylation sites (N-methyl/N-ethyl adjacent to an activating group) is 1. The minimum Gasteiger partial charge on any atom is -0.395 e. The lowest BCUT2D eigenvalue weighted by Crippen LogP contribution is -2.35. The number of aliphatic hydroxyl groups is 1. The molecule has 66 valence electrons. The molecule has 11 heavy (non-hydrogen) atoms. The van der Waals surface area contributed by atoms with Crippen LogP contribution in [0.4, 0.5) is 0 Å². The normalized spacial score (nSPS) is 21.0. The second-order valence-electron chi connectivity index (χ2n) is 3.50. The molecule has 0 spiro atoms. The monoisotopic (exact) mass is 157 g/mol. The third-order valence-electron chi connectivity index (χ3n) is 2.65. The summed E-state index contributed by atoms with van der Waals surface area (Å²) in [5.74, 6) is 0. The smallest absolute Gasteiger partial charge is 0.0558 e. The van der Waals surface area contributed by atoms with Crippen LogP contribution < -0.4 is 0 Å². The van der Waals surface area contributed by atoms with Gasteiger partial charge in [-0.2, -0.15) is 0 Å². The molecule has 1 aliphatic rings. The van der Waals surface area contributed by atoms with Crippen molar-refractivity contribution in [1.29, 1.82) is 0 Å². The number of hydrogen-bond acceptors (Lipinski definition) is 2. The van der Waals surface area contributed by atoms with E-state index in [-0.39, 0.29) is 0 Å². The van der Waals surface area contributed by atoms with E-state index in [1.54, 1.807) is 0 Å². The SMILES string of the molecule is CN(CCO)C1CCCCC1. The van der Waals surface area contributed by atoms with E-state index in [0.29, 0.717) is 6.61 Å². The minimum absolute atomic E-state index is 0.299. The highest BCUT2D eigenvalue weighted by Crippen LogP contribution is 2.20. The summed E-state index contributed by atoms with van der Waals surface area (Å²) in [6.07, 6.45) is 6.82. The molecule has 1 fully saturated rings. The van der Waals surface area contributed by atoms with Crippen LogP contribution in [0.25, 0.3) is 0 Å². The molecule has 0 radical (unpaired) electrons. The predicted molar refractivity (Wildman–Crippen MR) is 46.6 cm³/mol. The Labute approximate surface area is 69.2 Å². The lowest BCUT2D eigenvalue weighted by Gasteiger charge is -2.30. The minimum atomic E-state index is 0.299. The van der Waals surface area contributed by atoms with Crippen LogP contribution >= 0.6 is 0 Å². The Bertz CT molecular complexity index is 99.7. The van der Waals surface area contributed by atoms with Crippen molar-refractivity contribution in [3.05, 3.63) is 0 Å².